The van der Waals surface area contributed by atoms with Crippen LogP contribution in [0, 0.1) is 0 Å². The van der Waals surface area contributed by atoms with Crippen molar-refractivity contribution in [3.05, 3.63) is 23.8 Å². The summed E-state index contributed by atoms with van der Waals surface area (Å²) in [5.74, 6) is -0.814. The first-order valence-corrected chi connectivity index (χ1v) is 6.82. The minimum atomic E-state index is -4.57. The summed E-state index contributed by atoms with van der Waals surface area (Å²) in [7, 11) is 1.16. The number of rotatable bonds is 6. The third-order valence-electron chi connectivity index (χ3n) is 2.98. The van der Waals surface area contributed by atoms with Gasteiger partial charge < -0.3 is 14.8 Å². The van der Waals surface area contributed by atoms with Gasteiger partial charge in [0.25, 0.3) is 5.91 Å². The Morgan fingerprint density at radius 2 is 1.91 bits per heavy atom. The quantitative estimate of drug-likeness (QED) is 0.866. The minimum Gasteiger partial charge on any atom is -0.496 e. The number of carbonyl (C=O) groups excluding carboxylic acids is 1. The van der Waals surface area contributed by atoms with Gasteiger partial charge in [-0.25, -0.2) is 0 Å². The number of alkyl halides is 3. The molecule has 1 aromatic rings. The fourth-order valence-electron chi connectivity index (χ4n) is 1.71. The van der Waals surface area contributed by atoms with E-state index >= 15 is 0 Å². The molecular weight excluding hydrogens is 299 g/mol. The topological polar surface area (TPSA) is 47.6 Å². The molecule has 0 saturated carbocycles. The van der Waals surface area contributed by atoms with Crippen molar-refractivity contribution in [3.8, 4) is 5.75 Å². The van der Waals surface area contributed by atoms with Crippen molar-refractivity contribution in [2.24, 2.45) is 0 Å². The van der Waals surface area contributed by atoms with Crippen LogP contribution in [0.15, 0.2) is 18.2 Å². The summed E-state index contributed by atoms with van der Waals surface area (Å²) in [6.07, 6.45) is -3.84. The number of nitrogens with one attached hydrogen (secondary N) is 1. The average molecular weight is 319 g/mol. The van der Waals surface area contributed by atoms with Crippen molar-refractivity contribution in [3.63, 3.8) is 0 Å². The lowest BCUT2D eigenvalue weighted by atomic mass is 10.1. The van der Waals surface area contributed by atoms with Crippen molar-refractivity contribution in [1.82, 2.24) is 0 Å². The molecule has 0 fully saturated rings. The molecule has 0 aliphatic rings. The first-order valence-electron chi connectivity index (χ1n) is 6.82. The molecular formula is C15H20F3NO3. The normalized spacial score (nSPS) is 12.1. The average Bonchev–Trinajstić information content (AvgIpc) is 2.44. The molecule has 0 atom stereocenters. The van der Waals surface area contributed by atoms with Crippen LogP contribution in [0.2, 0.25) is 0 Å². The zero-order valence-corrected chi connectivity index (χ0v) is 13.0. The van der Waals surface area contributed by atoms with E-state index in [-0.39, 0.29) is 11.4 Å². The molecule has 1 N–H and O–H groups in total. The minimum absolute atomic E-state index is 0.0336. The van der Waals surface area contributed by atoms with Gasteiger partial charge in [0.2, 0.25) is 0 Å². The van der Waals surface area contributed by atoms with E-state index in [0.29, 0.717) is 6.61 Å². The first-order chi connectivity index (χ1) is 10.1. The maximum Gasteiger partial charge on any atom is 0.420 e. The highest BCUT2D eigenvalue weighted by atomic mass is 19.4. The second-order valence-electron chi connectivity index (χ2n) is 5.23. The Bertz CT molecular complexity index is 527. The molecule has 0 aromatic heterocycles. The number of hydrogen-bond acceptors (Lipinski definition) is 3. The van der Waals surface area contributed by atoms with E-state index in [1.165, 1.54) is 12.1 Å². The third-order valence-corrected chi connectivity index (χ3v) is 2.98. The van der Waals surface area contributed by atoms with Crippen molar-refractivity contribution in [2.45, 2.75) is 39.0 Å². The number of amides is 1. The predicted octanol–water partition coefficient (Wildman–Crippen LogP) is 3.86. The molecule has 0 radical (unpaired) electrons. The summed E-state index contributed by atoms with van der Waals surface area (Å²) in [5, 5.41) is 2.44. The highest BCUT2D eigenvalue weighted by Gasteiger charge is 2.35. The van der Waals surface area contributed by atoms with Gasteiger partial charge in [0, 0.05) is 12.3 Å². The highest BCUT2D eigenvalue weighted by molar-refractivity contribution is 5.96. The van der Waals surface area contributed by atoms with Crippen LogP contribution >= 0.6 is 0 Å². The van der Waals surface area contributed by atoms with Gasteiger partial charge in [0.05, 0.1) is 12.7 Å². The largest absolute Gasteiger partial charge is 0.496 e. The van der Waals surface area contributed by atoms with Crippen LogP contribution in [-0.2, 0) is 15.7 Å². The fraction of sp³-hybridized carbons (Fsp3) is 0.533. The zero-order chi connectivity index (χ0) is 17.0. The number of halogens is 3. The molecule has 1 aromatic carbocycles. The predicted molar refractivity (Wildman–Crippen MR) is 76.9 cm³/mol. The van der Waals surface area contributed by atoms with E-state index in [9.17, 15) is 18.0 Å². The van der Waals surface area contributed by atoms with E-state index in [2.05, 4.69) is 5.32 Å². The van der Waals surface area contributed by atoms with Crippen molar-refractivity contribution in [2.75, 3.05) is 19.0 Å². The molecule has 22 heavy (non-hydrogen) atoms. The Kier molecular flexibility index (Phi) is 5.82. The lowest BCUT2D eigenvalue weighted by Crippen LogP contribution is -2.40. The van der Waals surface area contributed by atoms with Gasteiger partial charge in [-0.15, -0.1) is 0 Å². The second-order valence-corrected chi connectivity index (χ2v) is 5.23. The van der Waals surface area contributed by atoms with Crippen LogP contribution < -0.4 is 10.1 Å². The van der Waals surface area contributed by atoms with Crippen LogP contribution in [0.3, 0.4) is 0 Å². The Morgan fingerprint density at radius 3 is 2.41 bits per heavy atom. The number of hydrogen-bond donors (Lipinski definition) is 1. The standard InChI is InChI=1S/C15H20F3NO3/c1-5-8-22-14(2,3)13(20)19-10-6-7-12(21-4)11(9-10)15(16,17)18/h6-7,9H,5,8H2,1-4H3,(H,19,20). The van der Waals surface area contributed by atoms with Crippen LogP contribution in [0.1, 0.15) is 32.8 Å². The Labute approximate surface area is 127 Å². The molecule has 1 amide bonds. The molecule has 7 heteroatoms. The molecule has 0 spiro atoms. The van der Waals surface area contributed by atoms with Crippen LogP contribution in [0.5, 0.6) is 5.75 Å². The first kappa shape index (κ1) is 18.3. The molecule has 0 heterocycles. The molecule has 0 bridgehead atoms. The van der Waals surface area contributed by atoms with E-state index in [1.807, 2.05) is 6.92 Å². The molecule has 124 valence electrons. The van der Waals surface area contributed by atoms with Gasteiger partial charge in [-0.2, -0.15) is 13.2 Å². The van der Waals surface area contributed by atoms with Gasteiger partial charge >= 0.3 is 6.18 Å². The van der Waals surface area contributed by atoms with E-state index in [1.54, 1.807) is 13.8 Å². The zero-order valence-electron chi connectivity index (χ0n) is 13.0. The summed E-state index contributed by atoms with van der Waals surface area (Å²) in [4.78, 5) is 12.1. The maximum atomic E-state index is 12.9. The monoisotopic (exact) mass is 319 g/mol. The lowest BCUT2D eigenvalue weighted by Gasteiger charge is -2.24. The number of ether oxygens (including phenoxy) is 2. The Hall–Kier alpha value is -1.76. The van der Waals surface area contributed by atoms with Crippen LogP contribution in [0.25, 0.3) is 0 Å². The van der Waals surface area contributed by atoms with Crippen molar-refractivity contribution in [1.29, 1.82) is 0 Å². The summed E-state index contributed by atoms with van der Waals surface area (Å²) < 4.78 is 48.9. The SMILES string of the molecule is CCCOC(C)(C)C(=O)Nc1ccc(OC)c(C(F)(F)F)c1. The van der Waals surface area contributed by atoms with Crippen molar-refractivity contribution < 1.29 is 27.4 Å². The van der Waals surface area contributed by atoms with Crippen LogP contribution in [-0.4, -0.2) is 25.2 Å². The third kappa shape index (κ3) is 4.62. The molecule has 1 rings (SSSR count). The maximum absolute atomic E-state index is 12.9. The molecule has 0 aliphatic carbocycles. The second kappa shape index (κ2) is 7.00. The fourth-order valence-corrected chi connectivity index (χ4v) is 1.71. The number of methoxy groups -OCH3 is 1. The summed E-state index contributed by atoms with van der Waals surface area (Å²) in [5.41, 5.74) is -2.04. The molecule has 0 aliphatic heterocycles. The van der Waals surface area contributed by atoms with Gasteiger partial charge in [-0.05, 0) is 38.5 Å². The highest BCUT2D eigenvalue weighted by Crippen LogP contribution is 2.37. The van der Waals surface area contributed by atoms with Gasteiger partial charge in [-0.3, -0.25) is 4.79 Å². The van der Waals surface area contributed by atoms with E-state index in [0.717, 1.165) is 19.6 Å². The Morgan fingerprint density at radius 1 is 1.27 bits per heavy atom. The van der Waals surface area contributed by atoms with E-state index in [4.69, 9.17) is 9.47 Å². The number of anilines is 1. The molecule has 0 unspecified atom stereocenters. The van der Waals surface area contributed by atoms with Gasteiger partial charge in [0.1, 0.15) is 11.4 Å². The summed E-state index contributed by atoms with van der Waals surface area (Å²) in [6, 6.07) is 3.35. The smallest absolute Gasteiger partial charge is 0.420 e. The van der Waals surface area contributed by atoms with E-state index < -0.39 is 23.2 Å². The number of carbonyl (C=O) groups is 1. The summed E-state index contributed by atoms with van der Waals surface area (Å²) in [6.45, 7) is 5.41. The Balaban J connectivity index is 2.97. The molecule has 4 nitrogen and oxygen atoms in total. The van der Waals surface area contributed by atoms with Crippen LogP contribution in [0.4, 0.5) is 18.9 Å². The van der Waals surface area contributed by atoms with Gasteiger partial charge in [0.15, 0.2) is 0 Å². The van der Waals surface area contributed by atoms with Crippen molar-refractivity contribution >= 4 is 11.6 Å². The molecule has 0 saturated heterocycles. The van der Waals surface area contributed by atoms with Gasteiger partial charge in [-0.1, -0.05) is 6.92 Å². The number of benzene rings is 1. The lowest BCUT2D eigenvalue weighted by molar-refractivity contribution is -0.139. The summed E-state index contributed by atoms with van der Waals surface area (Å²) >= 11 is 0.